The zero-order chi connectivity index (χ0) is 16.2. The average molecular weight is 317 g/mol. The summed E-state index contributed by atoms with van der Waals surface area (Å²) in [6, 6.07) is 4.56. The molecule has 0 saturated carbocycles. The van der Waals surface area contributed by atoms with Gasteiger partial charge in [-0.1, -0.05) is 12.1 Å². The Balaban J connectivity index is 1.58. The van der Waals surface area contributed by atoms with Crippen molar-refractivity contribution in [2.45, 2.75) is 38.3 Å². The first-order valence-electron chi connectivity index (χ1n) is 7.74. The second-order valence-corrected chi connectivity index (χ2v) is 5.72. The highest BCUT2D eigenvalue weighted by Gasteiger charge is 2.25. The van der Waals surface area contributed by atoms with Crippen molar-refractivity contribution < 1.29 is 19.1 Å². The van der Waals surface area contributed by atoms with Crippen LogP contribution < -0.4 is 20.7 Å². The third kappa shape index (κ3) is 3.80. The Kier molecular flexibility index (Phi) is 4.45. The third-order valence-corrected chi connectivity index (χ3v) is 3.97. The fourth-order valence-electron chi connectivity index (χ4n) is 2.76. The number of amides is 4. The molecular formula is C16H19N3O4. The van der Waals surface area contributed by atoms with Gasteiger partial charge in [-0.25, -0.2) is 4.79 Å². The standard InChI is InChI=1S/C16H19N3O4/c20-14-6-4-12(18-16(22)19-14)15(21)17-9-10-3-5-13-11(8-10)2-1-7-23-13/h3,5,8,12H,1-2,4,6-7,9H2,(H,17,21)(H2,18,19,20,22). The van der Waals surface area contributed by atoms with E-state index in [1.807, 2.05) is 18.2 Å². The Bertz CT molecular complexity index is 644. The fourth-order valence-corrected chi connectivity index (χ4v) is 2.76. The Hall–Kier alpha value is -2.57. The van der Waals surface area contributed by atoms with E-state index in [4.69, 9.17) is 4.74 Å². The molecule has 1 unspecified atom stereocenters. The zero-order valence-corrected chi connectivity index (χ0v) is 12.7. The lowest BCUT2D eigenvalue weighted by atomic mass is 10.0. The van der Waals surface area contributed by atoms with Crippen LogP contribution in [0, 0.1) is 0 Å². The molecule has 0 aromatic heterocycles. The number of hydrogen-bond donors (Lipinski definition) is 3. The number of ether oxygens (including phenoxy) is 1. The van der Waals surface area contributed by atoms with E-state index in [0.717, 1.165) is 36.3 Å². The van der Waals surface area contributed by atoms with Gasteiger partial charge >= 0.3 is 6.03 Å². The molecule has 1 aromatic carbocycles. The van der Waals surface area contributed by atoms with Crippen LogP contribution in [0.2, 0.25) is 0 Å². The second kappa shape index (κ2) is 6.68. The van der Waals surface area contributed by atoms with Crippen molar-refractivity contribution >= 4 is 17.8 Å². The molecule has 1 saturated heterocycles. The topological polar surface area (TPSA) is 96.5 Å². The number of carbonyl (C=O) groups is 3. The highest BCUT2D eigenvalue weighted by atomic mass is 16.5. The van der Waals surface area contributed by atoms with Crippen LogP contribution in [0.25, 0.3) is 0 Å². The zero-order valence-electron chi connectivity index (χ0n) is 12.7. The van der Waals surface area contributed by atoms with Crippen molar-refractivity contribution in [3.05, 3.63) is 29.3 Å². The van der Waals surface area contributed by atoms with Gasteiger partial charge < -0.3 is 15.4 Å². The molecule has 7 nitrogen and oxygen atoms in total. The Morgan fingerprint density at radius 3 is 3.04 bits per heavy atom. The first-order valence-corrected chi connectivity index (χ1v) is 7.74. The molecule has 4 amide bonds. The molecule has 7 heteroatoms. The molecule has 1 fully saturated rings. The minimum atomic E-state index is -0.692. The molecule has 3 rings (SSSR count). The van der Waals surface area contributed by atoms with E-state index >= 15 is 0 Å². The van der Waals surface area contributed by atoms with Crippen LogP contribution in [-0.2, 0) is 22.6 Å². The van der Waals surface area contributed by atoms with Crippen molar-refractivity contribution in [3.8, 4) is 5.75 Å². The SMILES string of the molecule is O=C1CCC(C(=O)NCc2ccc3c(c2)CCCO3)NC(=O)N1. The third-order valence-electron chi connectivity index (χ3n) is 3.97. The monoisotopic (exact) mass is 317 g/mol. The Morgan fingerprint density at radius 2 is 2.17 bits per heavy atom. The molecule has 3 N–H and O–H groups in total. The lowest BCUT2D eigenvalue weighted by Gasteiger charge is -2.18. The average Bonchev–Trinajstić information content (AvgIpc) is 2.72. The molecule has 0 bridgehead atoms. The van der Waals surface area contributed by atoms with Gasteiger partial charge in [0, 0.05) is 13.0 Å². The number of rotatable bonds is 3. The van der Waals surface area contributed by atoms with Crippen LogP contribution in [0.1, 0.15) is 30.4 Å². The van der Waals surface area contributed by atoms with E-state index < -0.39 is 12.1 Å². The summed E-state index contributed by atoms with van der Waals surface area (Å²) in [4.78, 5) is 34.8. The first-order chi connectivity index (χ1) is 11.1. The summed E-state index contributed by atoms with van der Waals surface area (Å²) in [5, 5.41) is 7.45. The van der Waals surface area contributed by atoms with Crippen LogP contribution in [0.4, 0.5) is 4.79 Å². The van der Waals surface area contributed by atoms with Crippen LogP contribution in [0.5, 0.6) is 5.75 Å². The quantitative estimate of drug-likeness (QED) is 0.761. The molecule has 0 aliphatic carbocycles. The van der Waals surface area contributed by atoms with Gasteiger partial charge in [-0.05, 0) is 36.5 Å². The summed E-state index contributed by atoms with van der Waals surface area (Å²) in [7, 11) is 0. The van der Waals surface area contributed by atoms with Gasteiger partial charge in [0.1, 0.15) is 11.8 Å². The molecule has 1 aromatic rings. The minimum absolute atomic E-state index is 0.146. The van der Waals surface area contributed by atoms with Gasteiger partial charge in [-0.3, -0.25) is 14.9 Å². The van der Waals surface area contributed by atoms with Gasteiger partial charge in [0.05, 0.1) is 6.61 Å². The van der Waals surface area contributed by atoms with Crippen LogP contribution >= 0.6 is 0 Å². The number of carbonyl (C=O) groups excluding carboxylic acids is 3. The van der Waals surface area contributed by atoms with E-state index in [0.29, 0.717) is 13.0 Å². The van der Waals surface area contributed by atoms with Crippen molar-refractivity contribution in [1.82, 2.24) is 16.0 Å². The number of benzene rings is 1. The van der Waals surface area contributed by atoms with Gasteiger partial charge in [0.15, 0.2) is 0 Å². The van der Waals surface area contributed by atoms with E-state index in [2.05, 4.69) is 16.0 Å². The summed E-state index contributed by atoms with van der Waals surface area (Å²) in [6.07, 6.45) is 2.41. The van der Waals surface area contributed by atoms with Gasteiger partial charge in [0.25, 0.3) is 0 Å². The van der Waals surface area contributed by atoms with Gasteiger partial charge in [-0.15, -0.1) is 0 Å². The number of nitrogens with one attached hydrogen (secondary N) is 3. The number of fused-ring (bicyclic) bond motifs is 1. The molecule has 0 spiro atoms. The van der Waals surface area contributed by atoms with Crippen molar-refractivity contribution in [2.24, 2.45) is 0 Å². The van der Waals surface area contributed by atoms with Crippen LogP contribution in [0.3, 0.4) is 0 Å². The highest BCUT2D eigenvalue weighted by Crippen LogP contribution is 2.25. The van der Waals surface area contributed by atoms with Crippen LogP contribution in [0.15, 0.2) is 18.2 Å². The number of urea groups is 1. The Labute approximate surface area is 133 Å². The molecule has 2 aliphatic rings. The lowest BCUT2D eigenvalue weighted by molar-refractivity contribution is -0.123. The van der Waals surface area contributed by atoms with Crippen molar-refractivity contribution in [3.63, 3.8) is 0 Å². The normalized spacial score (nSPS) is 20.4. The number of hydrogen-bond acceptors (Lipinski definition) is 4. The molecule has 2 aliphatic heterocycles. The summed E-state index contributed by atoms with van der Waals surface area (Å²) in [5.74, 6) is 0.253. The van der Waals surface area contributed by atoms with E-state index in [9.17, 15) is 14.4 Å². The molecule has 122 valence electrons. The molecular weight excluding hydrogens is 298 g/mol. The van der Waals surface area contributed by atoms with E-state index in [-0.39, 0.29) is 18.2 Å². The summed E-state index contributed by atoms with van der Waals surface area (Å²) < 4.78 is 5.56. The summed E-state index contributed by atoms with van der Waals surface area (Å²) in [5.41, 5.74) is 2.14. The summed E-state index contributed by atoms with van der Waals surface area (Å²) >= 11 is 0. The smallest absolute Gasteiger partial charge is 0.322 e. The Morgan fingerprint density at radius 1 is 1.30 bits per heavy atom. The highest BCUT2D eigenvalue weighted by molar-refractivity contribution is 5.98. The molecule has 2 heterocycles. The van der Waals surface area contributed by atoms with Gasteiger partial charge in [-0.2, -0.15) is 0 Å². The largest absolute Gasteiger partial charge is 0.493 e. The van der Waals surface area contributed by atoms with Gasteiger partial charge in [0.2, 0.25) is 11.8 Å². The van der Waals surface area contributed by atoms with E-state index in [1.165, 1.54) is 0 Å². The van der Waals surface area contributed by atoms with Crippen molar-refractivity contribution in [1.29, 1.82) is 0 Å². The fraction of sp³-hybridized carbons (Fsp3) is 0.438. The maximum Gasteiger partial charge on any atom is 0.322 e. The molecule has 1 atom stereocenters. The summed E-state index contributed by atoms with van der Waals surface area (Å²) in [6.45, 7) is 1.12. The molecule has 23 heavy (non-hydrogen) atoms. The lowest BCUT2D eigenvalue weighted by Crippen LogP contribution is -2.48. The first kappa shape index (κ1) is 15.3. The maximum absolute atomic E-state index is 12.2. The predicted molar refractivity (Wildman–Crippen MR) is 81.8 cm³/mol. The van der Waals surface area contributed by atoms with Crippen LogP contribution in [-0.4, -0.2) is 30.5 Å². The maximum atomic E-state index is 12.2. The minimum Gasteiger partial charge on any atom is -0.493 e. The van der Waals surface area contributed by atoms with E-state index in [1.54, 1.807) is 0 Å². The number of imide groups is 1. The predicted octanol–water partition coefficient (Wildman–Crippen LogP) is 0.616. The molecule has 0 radical (unpaired) electrons. The van der Waals surface area contributed by atoms with Crippen molar-refractivity contribution in [2.75, 3.05) is 6.61 Å². The second-order valence-electron chi connectivity index (χ2n) is 5.72. The number of aryl methyl sites for hydroxylation is 1.